The van der Waals surface area contributed by atoms with Crippen molar-refractivity contribution in [3.8, 4) is 11.8 Å². The number of amides is 1. The molecule has 1 saturated heterocycles. The third-order valence-electron chi connectivity index (χ3n) is 5.01. The summed E-state index contributed by atoms with van der Waals surface area (Å²) in [5.41, 5.74) is 1.83. The Morgan fingerprint density at radius 1 is 1.21 bits per heavy atom. The van der Waals surface area contributed by atoms with Gasteiger partial charge in [-0.2, -0.15) is 5.26 Å². The molecule has 2 aromatic carbocycles. The Labute approximate surface area is 167 Å². The molecular formula is C21H18FN3O2S. The molecule has 2 aromatic rings. The third-order valence-corrected chi connectivity index (χ3v) is 6.17. The Morgan fingerprint density at radius 2 is 1.96 bits per heavy atom. The van der Waals surface area contributed by atoms with E-state index in [1.165, 1.54) is 17.8 Å². The van der Waals surface area contributed by atoms with Crippen molar-refractivity contribution in [3.63, 3.8) is 0 Å². The number of nitriles is 1. The number of anilines is 1. The summed E-state index contributed by atoms with van der Waals surface area (Å²) in [6.45, 7) is 0.364. The molecule has 28 heavy (non-hydrogen) atoms. The molecule has 0 aromatic heterocycles. The molecule has 0 saturated carbocycles. The lowest BCUT2D eigenvalue weighted by Crippen LogP contribution is -2.47. The number of benzene rings is 2. The molecule has 7 heteroatoms. The van der Waals surface area contributed by atoms with Gasteiger partial charge >= 0.3 is 0 Å². The number of hydrogen-bond donors (Lipinski definition) is 0. The standard InChI is InChI=1S/C21H18FN3O2S/c1-27-15-8-6-14(7-9-15)24-12-25-20(26)10-17(16-4-2-3-5-19(16)22)18(11-23)21(25)28-13-24/h2-9,17H,10,12-13H2,1H3. The van der Waals surface area contributed by atoms with Crippen molar-refractivity contribution in [3.05, 3.63) is 70.5 Å². The van der Waals surface area contributed by atoms with Gasteiger partial charge in [-0.3, -0.25) is 9.69 Å². The molecule has 2 aliphatic heterocycles. The first-order chi connectivity index (χ1) is 13.6. The molecule has 2 heterocycles. The second-order valence-electron chi connectivity index (χ2n) is 6.58. The number of hydrogen-bond acceptors (Lipinski definition) is 5. The van der Waals surface area contributed by atoms with Crippen LogP contribution in [0, 0.1) is 17.1 Å². The van der Waals surface area contributed by atoms with Gasteiger partial charge in [-0.1, -0.05) is 30.0 Å². The SMILES string of the molecule is COc1ccc(N2CSC3=C(C#N)C(c4ccccc4F)CC(=O)N3C2)cc1. The Morgan fingerprint density at radius 3 is 2.64 bits per heavy atom. The smallest absolute Gasteiger partial charge is 0.229 e. The summed E-state index contributed by atoms with van der Waals surface area (Å²) in [5.74, 6) is 0.337. The van der Waals surface area contributed by atoms with Gasteiger partial charge in [-0.15, -0.1) is 0 Å². The first-order valence-corrected chi connectivity index (χ1v) is 9.81. The number of thioether (sulfide) groups is 1. The van der Waals surface area contributed by atoms with Crippen LogP contribution >= 0.6 is 11.8 Å². The quantitative estimate of drug-likeness (QED) is 0.785. The molecule has 2 aliphatic rings. The Hall–Kier alpha value is -2.98. The summed E-state index contributed by atoms with van der Waals surface area (Å²) < 4.78 is 19.5. The van der Waals surface area contributed by atoms with Gasteiger partial charge in [0, 0.05) is 18.0 Å². The minimum atomic E-state index is -0.537. The minimum absolute atomic E-state index is 0.0876. The van der Waals surface area contributed by atoms with Gasteiger partial charge < -0.3 is 9.64 Å². The van der Waals surface area contributed by atoms with Crippen LogP contribution in [-0.2, 0) is 4.79 Å². The monoisotopic (exact) mass is 395 g/mol. The largest absolute Gasteiger partial charge is 0.497 e. The van der Waals surface area contributed by atoms with Gasteiger partial charge in [0.25, 0.3) is 0 Å². The minimum Gasteiger partial charge on any atom is -0.497 e. The predicted octanol–water partition coefficient (Wildman–Crippen LogP) is 4.05. The molecule has 1 atom stereocenters. The average Bonchev–Trinajstić information content (AvgIpc) is 2.74. The van der Waals surface area contributed by atoms with Gasteiger partial charge in [0.05, 0.1) is 36.3 Å². The zero-order valence-corrected chi connectivity index (χ0v) is 16.1. The lowest BCUT2D eigenvalue weighted by molar-refractivity contribution is -0.129. The van der Waals surface area contributed by atoms with E-state index in [4.69, 9.17) is 4.74 Å². The van der Waals surface area contributed by atoms with E-state index in [1.54, 1.807) is 30.2 Å². The van der Waals surface area contributed by atoms with Crippen LogP contribution in [-0.4, -0.2) is 30.5 Å². The second kappa shape index (κ2) is 7.56. The highest BCUT2D eigenvalue weighted by atomic mass is 32.2. The van der Waals surface area contributed by atoms with Crippen LogP contribution in [0.3, 0.4) is 0 Å². The first-order valence-electron chi connectivity index (χ1n) is 8.83. The summed E-state index contributed by atoms with van der Waals surface area (Å²) in [4.78, 5) is 16.6. The lowest BCUT2D eigenvalue weighted by Gasteiger charge is -2.42. The average molecular weight is 395 g/mol. The molecule has 0 N–H and O–H groups in total. The Bertz CT molecular complexity index is 984. The van der Waals surface area contributed by atoms with E-state index < -0.39 is 5.92 Å². The topological polar surface area (TPSA) is 56.6 Å². The van der Waals surface area contributed by atoms with Crippen LogP contribution < -0.4 is 9.64 Å². The van der Waals surface area contributed by atoms with E-state index in [1.807, 2.05) is 24.3 Å². The van der Waals surface area contributed by atoms with Crippen LogP contribution in [0.5, 0.6) is 5.75 Å². The molecule has 4 rings (SSSR count). The highest BCUT2D eigenvalue weighted by Gasteiger charge is 2.39. The molecule has 1 fully saturated rings. The van der Waals surface area contributed by atoms with Gasteiger partial charge in [0.15, 0.2) is 0 Å². The number of methoxy groups -OCH3 is 1. The van der Waals surface area contributed by atoms with Gasteiger partial charge in [-0.05, 0) is 35.9 Å². The fourth-order valence-corrected chi connectivity index (χ4v) is 4.71. The van der Waals surface area contributed by atoms with Crippen LogP contribution in [0.4, 0.5) is 10.1 Å². The van der Waals surface area contributed by atoms with Crippen LogP contribution in [0.15, 0.2) is 59.1 Å². The molecule has 1 unspecified atom stereocenters. The number of nitrogens with zero attached hydrogens (tertiary/aromatic N) is 3. The van der Waals surface area contributed by atoms with Gasteiger partial charge in [0.2, 0.25) is 5.91 Å². The maximum atomic E-state index is 14.3. The first kappa shape index (κ1) is 18.4. The van der Waals surface area contributed by atoms with Crippen molar-refractivity contribution in [1.82, 2.24) is 4.90 Å². The highest BCUT2D eigenvalue weighted by molar-refractivity contribution is 8.03. The molecule has 142 valence electrons. The van der Waals surface area contributed by atoms with E-state index in [0.717, 1.165) is 11.4 Å². The Kier molecular flexibility index (Phi) is 4.97. The fourth-order valence-electron chi connectivity index (χ4n) is 3.54. The van der Waals surface area contributed by atoms with Crippen molar-refractivity contribution < 1.29 is 13.9 Å². The third kappa shape index (κ3) is 3.20. The van der Waals surface area contributed by atoms with Crippen molar-refractivity contribution in [2.75, 3.05) is 24.6 Å². The normalized spacial score (nSPS) is 19.3. The summed E-state index contributed by atoms with van der Waals surface area (Å²) in [6.07, 6.45) is 0.0876. The molecular weight excluding hydrogens is 377 g/mol. The summed E-state index contributed by atoms with van der Waals surface area (Å²) in [6, 6.07) is 16.2. The maximum Gasteiger partial charge on any atom is 0.229 e. The number of allylic oxidation sites excluding steroid dienone is 1. The van der Waals surface area contributed by atoms with E-state index in [9.17, 15) is 14.4 Å². The summed E-state index contributed by atoms with van der Waals surface area (Å²) >= 11 is 1.44. The molecule has 0 spiro atoms. The lowest BCUT2D eigenvalue weighted by atomic mass is 9.86. The van der Waals surface area contributed by atoms with Crippen LogP contribution in [0.1, 0.15) is 17.9 Å². The van der Waals surface area contributed by atoms with E-state index >= 15 is 0 Å². The summed E-state index contributed by atoms with van der Waals surface area (Å²) in [5, 5.41) is 10.4. The fraction of sp³-hybridized carbons (Fsp3) is 0.238. The number of rotatable bonds is 3. The molecule has 5 nitrogen and oxygen atoms in total. The van der Waals surface area contributed by atoms with Crippen LogP contribution in [0.25, 0.3) is 0 Å². The van der Waals surface area contributed by atoms with E-state index in [0.29, 0.717) is 28.7 Å². The van der Waals surface area contributed by atoms with Crippen molar-refractivity contribution in [2.45, 2.75) is 12.3 Å². The molecule has 0 radical (unpaired) electrons. The number of halogens is 1. The van der Waals surface area contributed by atoms with Crippen LogP contribution in [0.2, 0.25) is 0 Å². The summed E-state index contributed by atoms with van der Waals surface area (Å²) in [7, 11) is 1.62. The molecule has 0 bridgehead atoms. The Balaban J connectivity index is 1.65. The van der Waals surface area contributed by atoms with E-state index in [-0.39, 0.29) is 18.1 Å². The van der Waals surface area contributed by atoms with Gasteiger partial charge in [-0.25, -0.2) is 4.39 Å². The number of fused-ring (bicyclic) bond motifs is 1. The van der Waals surface area contributed by atoms with Crippen molar-refractivity contribution in [1.29, 1.82) is 5.26 Å². The zero-order valence-electron chi connectivity index (χ0n) is 15.3. The molecule has 1 amide bonds. The zero-order chi connectivity index (χ0) is 19.7. The molecule has 0 aliphatic carbocycles. The van der Waals surface area contributed by atoms with Crippen molar-refractivity contribution in [2.24, 2.45) is 0 Å². The second-order valence-corrected chi connectivity index (χ2v) is 7.52. The maximum absolute atomic E-state index is 14.3. The van der Waals surface area contributed by atoms with Gasteiger partial charge in [0.1, 0.15) is 11.6 Å². The number of ether oxygens (including phenoxy) is 1. The predicted molar refractivity (Wildman–Crippen MR) is 106 cm³/mol. The number of carbonyl (C=O) groups is 1. The highest BCUT2D eigenvalue weighted by Crippen LogP contribution is 2.43. The number of carbonyl (C=O) groups excluding carboxylic acids is 1. The van der Waals surface area contributed by atoms with E-state index in [2.05, 4.69) is 11.0 Å². The van der Waals surface area contributed by atoms with Crippen molar-refractivity contribution >= 4 is 23.4 Å².